The molecular weight excluding hydrogens is 382 g/mol. The van der Waals surface area contributed by atoms with Gasteiger partial charge in [0.2, 0.25) is 0 Å². The maximum absolute atomic E-state index is 12.4. The molecule has 0 aliphatic heterocycles. The summed E-state index contributed by atoms with van der Waals surface area (Å²) < 4.78 is 10.0. The lowest BCUT2D eigenvalue weighted by Crippen LogP contribution is -2.13. The summed E-state index contributed by atoms with van der Waals surface area (Å²) in [5.74, 6) is -0.771. The van der Waals surface area contributed by atoms with Crippen molar-refractivity contribution in [3.63, 3.8) is 0 Å². The number of nitro groups is 2. The normalized spacial score (nSPS) is 10.2. The van der Waals surface area contributed by atoms with Crippen LogP contribution in [0.4, 0.5) is 17.1 Å². The molecule has 0 aromatic heterocycles. The SMILES string of the molecule is CCOc1ccc(C(=O)Nc2cc([N+](=O)[O-])c(OC)c([N+](=O)[O-])c2)cc1Cl. The quantitative estimate of drug-likeness (QED) is 0.556. The monoisotopic (exact) mass is 395 g/mol. The van der Waals surface area contributed by atoms with Gasteiger partial charge in [-0.2, -0.15) is 0 Å². The molecule has 0 bridgehead atoms. The Labute approximate surface area is 157 Å². The van der Waals surface area contributed by atoms with E-state index in [-0.39, 0.29) is 16.3 Å². The number of rotatable bonds is 7. The summed E-state index contributed by atoms with van der Waals surface area (Å²) in [4.78, 5) is 33.0. The van der Waals surface area contributed by atoms with Crippen molar-refractivity contribution in [2.24, 2.45) is 0 Å². The first kappa shape index (κ1) is 19.9. The van der Waals surface area contributed by atoms with Crippen molar-refractivity contribution in [1.29, 1.82) is 0 Å². The van der Waals surface area contributed by atoms with Crippen LogP contribution in [0.3, 0.4) is 0 Å². The molecule has 0 saturated heterocycles. The van der Waals surface area contributed by atoms with Gasteiger partial charge in [-0.15, -0.1) is 0 Å². The topological polar surface area (TPSA) is 134 Å². The fourth-order valence-corrected chi connectivity index (χ4v) is 2.50. The van der Waals surface area contributed by atoms with E-state index in [0.29, 0.717) is 12.4 Å². The molecular formula is C16H14ClN3O7. The van der Waals surface area contributed by atoms with Crippen LogP contribution in [-0.4, -0.2) is 29.5 Å². The molecule has 10 nitrogen and oxygen atoms in total. The van der Waals surface area contributed by atoms with E-state index in [1.54, 1.807) is 6.92 Å². The third-order valence-electron chi connectivity index (χ3n) is 3.40. The minimum atomic E-state index is -0.838. The van der Waals surface area contributed by atoms with E-state index < -0.39 is 32.9 Å². The van der Waals surface area contributed by atoms with Crippen LogP contribution in [0.2, 0.25) is 5.02 Å². The van der Waals surface area contributed by atoms with E-state index in [1.165, 1.54) is 18.2 Å². The van der Waals surface area contributed by atoms with Gasteiger partial charge in [-0.1, -0.05) is 11.6 Å². The Morgan fingerprint density at radius 2 is 1.74 bits per heavy atom. The zero-order valence-electron chi connectivity index (χ0n) is 14.2. The minimum Gasteiger partial charge on any atom is -0.492 e. The number of ether oxygens (including phenoxy) is 2. The number of amides is 1. The first-order valence-electron chi connectivity index (χ1n) is 7.53. The second-order valence-electron chi connectivity index (χ2n) is 5.09. The van der Waals surface area contributed by atoms with Gasteiger partial charge in [0.15, 0.2) is 0 Å². The van der Waals surface area contributed by atoms with Crippen molar-refractivity contribution in [2.45, 2.75) is 6.92 Å². The molecule has 0 spiro atoms. The molecule has 11 heteroatoms. The number of carbonyl (C=O) groups excluding carboxylic acids is 1. The summed E-state index contributed by atoms with van der Waals surface area (Å²) in [6.45, 7) is 2.17. The van der Waals surface area contributed by atoms with Crippen molar-refractivity contribution in [3.8, 4) is 11.5 Å². The Morgan fingerprint density at radius 3 is 2.19 bits per heavy atom. The van der Waals surface area contributed by atoms with E-state index in [0.717, 1.165) is 19.2 Å². The number of anilines is 1. The van der Waals surface area contributed by atoms with E-state index >= 15 is 0 Å². The van der Waals surface area contributed by atoms with Crippen molar-refractivity contribution in [1.82, 2.24) is 0 Å². The van der Waals surface area contributed by atoms with Crippen molar-refractivity contribution in [2.75, 3.05) is 19.0 Å². The van der Waals surface area contributed by atoms with Crippen molar-refractivity contribution >= 4 is 34.6 Å². The highest BCUT2D eigenvalue weighted by molar-refractivity contribution is 6.32. The largest absolute Gasteiger partial charge is 0.492 e. The summed E-state index contributed by atoms with van der Waals surface area (Å²) >= 11 is 6.03. The van der Waals surface area contributed by atoms with E-state index in [1.807, 2.05) is 0 Å². The van der Waals surface area contributed by atoms with E-state index in [9.17, 15) is 25.0 Å². The molecule has 0 heterocycles. The van der Waals surface area contributed by atoms with E-state index in [2.05, 4.69) is 5.32 Å². The van der Waals surface area contributed by atoms with Gasteiger partial charge in [-0.3, -0.25) is 25.0 Å². The Balaban J connectivity index is 2.39. The number of halogens is 1. The highest BCUT2D eigenvalue weighted by Crippen LogP contribution is 2.39. The molecule has 2 aromatic carbocycles. The molecule has 2 aromatic rings. The number of nitrogens with one attached hydrogen (secondary N) is 1. The average molecular weight is 396 g/mol. The lowest BCUT2D eigenvalue weighted by atomic mass is 10.1. The molecule has 0 radical (unpaired) electrons. The lowest BCUT2D eigenvalue weighted by molar-refractivity contribution is -0.395. The molecule has 0 saturated carbocycles. The molecule has 0 aliphatic carbocycles. The standard InChI is InChI=1S/C16H14ClN3O7/c1-3-27-14-5-4-9(6-11(14)17)16(21)18-10-7-12(19(22)23)15(26-2)13(8-10)20(24)25/h4-8H,3H2,1-2H3,(H,18,21). The van der Waals surface area contributed by atoms with Gasteiger partial charge in [0, 0.05) is 17.7 Å². The summed E-state index contributed by atoms with van der Waals surface area (Å²) in [6, 6.07) is 6.24. The van der Waals surface area contributed by atoms with Crippen LogP contribution in [0.25, 0.3) is 0 Å². The molecule has 142 valence electrons. The first-order chi connectivity index (χ1) is 12.8. The molecule has 1 N–H and O–H groups in total. The third-order valence-corrected chi connectivity index (χ3v) is 3.69. The van der Waals surface area contributed by atoms with Crippen LogP contribution in [0.1, 0.15) is 17.3 Å². The molecule has 0 aliphatic rings. The number of carbonyl (C=O) groups is 1. The maximum atomic E-state index is 12.4. The molecule has 2 rings (SSSR count). The highest BCUT2D eigenvalue weighted by Gasteiger charge is 2.28. The number of benzene rings is 2. The second kappa shape index (κ2) is 8.32. The highest BCUT2D eigenvalue weighted by atomic mass is 35.5. The lowest BCUT2D eigenvalue weighted by Gasteiger charge is -2.10. The van der Waals surface area contributed by atoms with Gasteiger partial charge in [-0.25, -0.2) is 0 Å². The van der Waals surface area contributed by atoms with Gasteiger partial charge in [0.1, 0.15) is 5.75 Å². The number of methoxy groups -OCH3 is 1. The summed E-state index contributed by atoms with van der Waals surface area (Å²) in [5.41, 5.74) is -1.28. The molecule has 1 amide bonds. The summed E-state index contributed by atoms with van der Waals surface area (Å²) in [6.07, 6.45) is 0. The number of hydrogen-bond donors (Lipinski definition) is 1. The second-order valence-corrected chi connectivity index (χ2v) is 5.50. The Kier molecular flexibility index (Phi) is 6.14. The predicted molar refractivity (Wildman–Crippen MR) is 96.9 cm³/mol. The average Bonchev–Trinajstić information content (AvgIpc) is 2.62. The van der Waals surface area contributed by atoms with Crippen LogP contribution in [-0.2, 0) is 0 Å². The predicted octanol–water partition coefficient (Wildman–Crippen LogP) is 3.82. The van der Waals surface area contributed by atoms with E-state index in [4.69, 9.17) is 21.1 Å². The molecule has 0 unspecified atom stereocenters. The van der Waals surface area contributed by atoms with Crippen LogP contribution in [0, 0.1) is 20.2 Å². The molecule has 0 fully saturated rings. The fourth-order valence-electron chi connectivity index (χ4n) is 2.27. The van der Waals surface area contributed by atoms with Crippen LogP contribution in [0.5, 0.6) is 11.5 Å². The first-order valence-corrected chi connectivity index (χ1v) is 7.90. The smallest absolute Gasteiger partial charge is 0.320 e. The number of nitro benzene ring substituents is 2. The third kappa shape index (κ3) is 4.42. The zero-order valence-corrected chi connectivity index (χ0v) is 15.0. The van der Waals surface area contributed by atoms with Crippen molar-refractivity contribution in [3.05, 3.63) is 61.1 Å². The minimum absolute atomic E-state index is 0.135. The van der Waals surface area contributed by atoms with Crippen LogP contribution >= 0.6 is 11.6 Å². The number of hydrogen-bond acceptors (Lipinski definition) is 7. The van der Waals surface area contributed by atoms with Crippen LogP contribution < -0.4 is 14.8 Å². The Bertz CT molecular complexity index is 882. The van der Waals surface area contributed by atoms with Gasteiger partial charge < -0.3 is 14.8 Å². The fraction of sp³-hybridized carbons (Fsp3) is 0.188. The molecule has 0 atom stereocenters. The van der Waals surface area contributed by atoms with Crippen LogP contribution in [0.15, 0.2) is 30.3 Å². The summed E-state index contributed by atoms with van der Waals surface area (Å²) in [7, 11) is 1.08. The van der Waals surface area contributed by atoms with Gasteiger partial charge in [-0.05, 0) is 25.1 Å². The molecule has 27 heavy (non-hydrogen) atoms. The number of nitrogens with zero attached hydrogens (tertiary/aromatic N) is 2. The Hall–Kier alpha value is -3.40. The summed E-state index contributed by atoms with van der Waals surface area (Å²) in [5, 5.41) is 24.9. The maximum Gasteiger partial charge on any atom is 0.320 e. The van der Waals surface area contributed by atoms with Crippen molar-refractivity contribution < 1.29 is 24.1 Å². The zero-order chi connectivity index (χ0) is 20.1. The van der Waals surface area contributed by atoms with Gasteiger partial charge in [0.25, 0.3) is 11.7 Å². The van der Waals surface area contributed by atoms with Gasteiger partial charge in [0.05, 0.1) is 34.3 Å². The van der Waals surface area contributed by atoms with Gasteiger partial charge >= 0.3 is 11.4 Å². The Morgan fingerprint density at radius 1 is 1.15 bits per heavy atom.